The van der Waals surface area contributed by atoms with Crippen molar-refractivity contribution in [1.29, 1.82) is 0 Å². The summed E-state index contributed by atoms with van der Waals surface area (Å²) >= 11 is 0. The average Bonchev–Trinajstić information content (AvgIpc) is 2.66. The fraction of sp³-hybridized carbons (Fsp3) is 0.385. The van der Waals surface area contributed by atoms with Crippen molar-refractivity contribution in [3.8, 4) is 11.5 Å². The number of hydrogen-bond acceptors (Lipinski definition) is 1. The molecule has 0 aliphatic heterocycles. The second-order valence-corrected chi connectivity index (χ2v) is 7.48. The highest BCUT2D eigenvalue weighted by atomic mass is 16.5. The Morgan fingerprint density at radius 2 is 1.19 bits per heavy atom. The first kappa shape index (κ1) is 21.0. The Labute approximate surface area is 165 Å². The zero-order valence-electron chi connectivity index (χ0n) is 17.3. The lowest BCUT2D eigenvalue weighted by Crippen LogP contribution is -1.95. The van der Waals surface area contributed by atoms with E-state index < -0.39 is 0 Å². The molecule has 0 N–H and O–H groups in total. The monoisotopic (exact) mass is 362 g/mol. The largest absolute Gasteiger partial charge is 0.457 e. The van der Waals surface area contributed by atoms with Crippen molar-refractivity contribution in [3.63, 3.8) is 0 Å². The molecule has 0 heterocycles. The van der Waals surface area contributed by atoms with Crippen LogP contribution in [0.2, 0.25) is 0 Å². The predicted molar refractivity (Wildman–Crippen MR) is 118 cm³/mol. The van der Waals surface area contributed by atoms with E-state index in [9.17, 15) is 0 Å². The first-order valence-corrected chi connectivity index (χ1v) is 10.2. The lowest BCUT2D eigenvalue weighted by atomic mass is 10.0. The molecule has 0 amide bonds. The molecule has 1 nitrogen and oxygen atoms in total. The quantitative estimate of drug-likeness (QED) is 0.392. The maximum atomic E-state index is 6.14. The van der Waals surface area contributed by atoms with E-state index in [2.05, 4.69) is 88.4 Å². The van der Waals surface area contributed by atoms with Gasteiger partial charge in [-0.05, 0) is 86.8 Å². The summed E-state index contributed by atoms with van der Waals surface area (Å²) in [6, 6.07) is 17.0. The van der Waals surface area contributed by atoms with Gasteiger partial charge in [0.05, 0.1) is 0 Å². The second kappa shape index (κ2) is 11.4. The molecule has 0 saturated heterocycles. The molecule has 0 aliphatic rings. The Balaban J connectivity index is 1.96. The van der Waals surface area contributed by atoms with Crippen LogP contribution in [0, 0.1) is 11.8 Å². The van der Waals surface area contributed by atoms with E-state index >= 15 is 0 Å². The van der Waals surface area contributed by atoms with Crippen molar-refractivity contribution in [2.45, 2.75) is 53.4 Å². The molecular weight excluding hydrogens is 328 g/mol. The molecule has 144 valence electrons. The maximum absolute atomic E-state index is 6.14. The second-order valence-electron chi connectivity index (χ2n) is 7.48. The van der Waals surface area contributed by atoms with Gasteiger partial charge in [-0.2, -0.15) is 0 Å². The van der Waals surface area contributed by atoms with Gasteiger partial charge in [0.25, 0.3) is 0 Å². The van der Waals surface area contributed by atoms with Crippen LogP contribution in [0.4, 0.5) is 0 Å². The number of benzene rings is 2. The summed E-state index contributed by atoms with van der Waals surface area (Å²) < 4.78 is 6.14. The number of hydrogen-bond donors (Lipinski definition) is 0. The number of aryl methyl sites for hydroxylation is 2. The minimum Gasteiger partial charge on any atom is -0.457 e. The van der Waals surface area contributed by atoms with Crippen LogP contribution in [0.15, 0.2) is 72.8 Å². The Bertz CT molecular complexity index is 678. The van der Waals surface area contributed by atoms with Gasteiger partial charge >= 0.3 is 0 Å². The molecule has 2 rings (SSSR count). The molecular formula is C26H34O. The third-order valence-electron chi connectivity index (χ3n) is 4.85. The van der Waals surface area contributed by atoms with Gasteiger partial charge < -0.3 is 4.74 Å². The third-order valence-corrected chi connectivity index (χ3v) is 4.85. The normalized spacial score (nSPS) is 13.9. The molecule has 0 aromatic heterocycles. The van der Waals surface area contributed by atoms with Crippen LogP contribution in [0.1, 0.15) is 51.7 Å². The molecule has 0 fully saturated rings. The van der Waals surface area contributed by atoms with Crippen molar-refractivity contribution >= 4 is 0 Å². The van der Waals surface area contributed by atoms with Gasteiger partial charge in [-0.15, -0.1) is 0 Å². The third kappa shape index (κ3) is 7.86. The van der Waals surface area contributed by atoms with Crippen molar-refractivity contribution in [2.24, 2.45) is 11.8 Å². The van der Waals surface area contributed by atoms with Gasteiger partial charge in [-0.25, -0.2) is 0 Å². The van der Waals surface area contributed by atoms with E-state index in [0.717, 1.165) is 37.2 Å². The standard InChI is InChI=1S/C26H34O/c1-5-9-21(3)15-17-23-11-7-13-25(19-23)27-26-14-8-12-24(20-26)18-16-22(4)10-6-2/h5-14,19-22H,15-18H2,1-4H3/b9-5+,10-6+. The molecule has 0 saturated carbocycles. The van der Waals surface area contributed by atoms with E-state index in [1.807, 2.05) is 12.1 Å². The summed E-state index contributed by atoms with van der Waals surface area (Å²) in [5.41, 5.74) is 2.67. The summed E-state index contributed by atoms with van der Waals surface area (Å²) in [5.74, 6) is 3.07. The number of allylic oxidation sites excluding steroid dienone is 4. The van der Waals surface area contributed by atoms with Crippen LogP contribution in [0.25, 0.3) is 0 Å². The van der Waals surface area contributed by atoms with Crippen molar-refractivity contribution in [3.05, 3.63) is 84.0 Å². The van der Waals surface area contributed by atoms with Gasteiger partial charge in [-0.1, -0.05) is 62.4 Å². The fourth-order valence-corrected chi connectivity index (χ4v) is 3.30. The zero-order valence-corrected chi connectivity index (χ0v) is 17.3. The topological polar surface area (TPSA) is 9.23 Å². The van der Waals surface area contributed by atoms with Crippen LogP contribution in [-0.4, -0.2) is 0 Å². The summed E-state index contributed by atoms with van der Waals surface area (Å²) in [4.78, 5) is 0. The van der Waals surface area contributed by atoms with Gasteiger partial charge in [0.15, 0.2) is 0 Å². The van der Waals surface area contributed by atoms with E-state index in [1.54, 1.807) is 0 Å². The van der Waals surface area contributed by atoms with Crippen LogP contribution < -0.4 is 4.74 Å². The Hall–Kier alpha value is -2.28. The van der Waals surface area contributed by atoms with Crippen LogP contribution in [-0.2, 0) is 12.8 Å². The Morgan fingerprint density at radius 1 is 0.741 bits per heavy atom. The van der Waals surface area contributed by atoms with Crippen molar-refractivity contribution in [2.75, 3.05) is 0 Å². The summed E-state index contributed by atoms with van der Waals surface area (Å²) in [5, 5.41) is 0. The van der Waals surface area contributed by atoms with Crippen LogP contribution in [0.5, 0.6) is 11.5 Å². The van der Waals surface area contributed by atoms with Gasteiger partial charge in [0, 0.05) is 0 Å². The molecule has 0 aliphatic carbocycles. The van der Waals surface area contributed by atoms with E-state index in [-0.39, 0.29) is 0 Å². The maximum Gasteiger partial charge on any atom is 0.127 e. The minimum absolute atomic E-state index is 0.612. The predicted octanol–water partition coefficient (Wildman–Crippen LogP) is 7.77. The highest BCUT2D eigenvalue weighted by molar-refractivity contribution is 5.36. The molecule has 2 unspecified atom stereocenters. The van der Waals surface area contributed by atoms with Gasteiger partial charge in [0.1, 0.15) is 11.5 Å². The number of ether oxygens (including phenoxy) is 1. The molecule has 2 atom stereocenters. The van der Waals surface area contributed by atoms with Crippen molar-refractivity contribution < 1.29 is 4.74 Å². The highest BCUT2D eigenvalue weighted by Crippen LogP contribution is 2.25. The molecule has 0 radical (unpaired) electrons. The summed E-state index contributed by atoms with van der Waals surface area (Å²) in [7, 11) is 0. The molecule has 0 bridgehead atoms. The molecule has 27 heavy (non-hydrogen) atoms. The minimum atomic E-state index is 0.612. The van der Waals surface area contributed by atoms with Crippen LogP contribution in [0.3, 0.4) is 0 Å². The first-order chi connectivity index (χ1) is 13.1. The van der Waals surface area contributed by atoms with Crippen LogP contribution >= 0.6 is 0 Å². The van der Waals surface area contributed by atoms with E-state index in [4.69, 9.17) is 4.74 Å². The summed E-state index contributed by atoms with van der Waals surface area (Å²) in [6.45, 7) is 8.70. The zero-order chi connectivity index (χ0) is 19.5. The van der Waals surface area contributed by atoms with E-state index in [0.29, 0.717) is 11.8 Å². The Morgan fingerprint density at radius 3 is 1.59 bits per heavy atom. The molecule has 2 aromatic rings. The number of rotatable bonds is 10. The van der Waals surface area contributed by atoms with E-state index in [1.165, 1.54) is 11.1 Å². The molecule has 0 spiro atoms. The smallest absolute Gasteiger partial charge is 0.127 e. The highest BCUT2D eigenvalue weighted by Gasteiger charge is 2.04. The average molecular weight is 363 g/mol. The fourth-order valence-electron chi connectivity index (χ4n) is 3.30. The lowest BCUT2D eigenvalue weighted by Gasteiger charge is -2.11. The molecule has 1 heteroatoms. The first-order valence-electron chi connectivity index (χ1n) is 10.2. The van der Waals surface area contributed by atoms with Crippen molar-refractivity contribution in [1.82, 2.24) is 0 Å². The summed E-state index contributed by atoms with van der Waals surface area (Å²) in [6.07, 6.45) is 13.3. The van der Waals surface area contributed by atoms with Gasteiger partial charge in [0.2, 0.25) is 0 Å². The Kier molecular flexibility index (Phi) is 8.91. The SMILES string of the molecule is C/C=C/C(C)CCc1cccc(Oc2cccc(CCC(C)/C=C/C)c2)c1. The molecule has 2 aromatic carbocycles. The van der Waals surface area contributed by atoms with Gasteiger partial charge in [-0.3, -0.25) is 0 Å². The lowest BCUT2D eigenvalue weighted by molar-refractivity contribution is 0.480.